The van der Waals surface area contributed by atoms with Gasteiger partial charge in [-0.05, 0) is 30.2 Å². The molecule has 0 amide bonds. The first-order chi connectivity index (χ1) is 16.2. The summed E-state index contributed by atoms with van der Waals surface area (Å²) in [4.78, 5) is 11.1. The molecule has 4 aromatic carbocycles. The van der Waals surface area contributed by atoms with E-state index in [2.05, 4.69) is 73.7 Å². The lowest BCUT2D eigenvalue weighted by Gasteiger charge is -2.12. The van der Waals surface area contributed by atoms with Gasteiger partial charge >= 0.3 is 0 Å². The summed E-state index contributed by atoms with van der Waals surface area (Å²) < 4.78 is 0. The van der Waals surface area contributed by atoms with Gasteiger partial charge in [-0.25, -0.2) is 9.97 Å². The molecule has 0 unspecified atom stereocenters. The normalized spacial score (nSPS) is 10.9. The molecule has 3 heteroatoms. The molecule has 160 valence electrons. The molecule has 1 heterocycles. The maximum absolute atomic E-state index is 5.72. The minimum Gasteiger partial charge on any atom is -0.244 e. The Bertz CT molecular complexity index is 1410. The SMILES string of the molecule is Cc1ccc(CC(=S)Cc2ccc3nc(-c4ccccc4)c(-c4ccccc4)nc3c2)cc1. The summed E-state index contributed by atoms with van der Waals surface area (Å²) in [5.41, 5.74) is 9.39. The maximum Gasteiger partial charge on any atom is 0.0973 e. The Morgan fingerprint density at radius 2 is 1.12 bits per heavy atom. The van der Waals surface area contributed by atoms with Crippen molar-refractivity contribution in [2.45, 2.75) is 19.8 Å². The lowest BCUT2D eigenvalue weighted by atomic mass is 10.0. The van der Waals surface area contributed by atoms with Gasteiger partial charge in [-0.1, -0.05) is 109 Å². The standard InChI is InChI=1S/C30H24N2S/c1-21-12-14-22(15-13-21)18-26(33)19-23-16-17-27-28(20-23)32-30(25-10-6-3-7-11-25)29(31-27)24-8-4-2-5-9-24/h2-17,20H,18-19H2,1H3. The molecule has 33 heavy (non-hydrogen) atoms. The van der Waals surface area contributed by atoms with Crippen LogP contribution in [-0.4, -0.2) is 14.8 Å². The third kappa shape index (κ3) is 4.89. The minimum atomic E-state index is 0.752. The van der Waals surface area contributed by atoms with Crippen molar-refractivity contribution >= 4 is 28.1 Å². The largest absolute Gasteiger partial charge is 0.244 e. The van der Waals surface area contributed by atoms with Crippen LogP contribution in [0.2, 0.25) is 0 Å². The zero-order valence-electron chi connectivity index (χ0n) is 18.5. The molecule has 1 aromatic heterocycles. The highest BCUT2D eigenvalue weighted by molar-refractivity contribution is 7.80. The first-order valence-electron chi connectivity index (χ1n) is 11.1. The summed E-state index contributed by atoms with van der Waals surface area (Å²) in [5, 5.41) is 0. The Morgan fingerprint density at radius 1 is 0.606 bits per heavy atom. The lowest BCUT2D eigenvalue weighted by Crippen LogP contribution is -2.04. The molecular weight excluding hydrogens is 420 g/mol. The van der Waals surface area contributed by atoms with Crippen molar-refractivity contribution in [1.82, 2.24) is 9.97 Å². The van der Waals surface area contributed by atoms with Crippen molar-refractivity contribution in [2.24, 2.45) is 0 Å². The Kier molecular flexibility index (Phi) is 6.05. The molecule has 0 radical (unpaired) electrons. The molecule has 0 atom stereocenters. The van der Waals surface area contributed by atoms with Crippen molar-refractivity contribution in [1.29, 1.82) is 0 Å². The van der Waals surface area contributed by atoms with E-state index in [0.717, 1.165) is 51.3 Å². The summed E-state index contributed by atoms with van der Waals surface area (Å²) in [7, 11) is 0. The second kappa shape index (κ2) is 9.43. The summed E-state index contributed by atoms with van der Waals surface area (Å²) in [6, 6.07) is 35.4. The van der Waals surface area contributed by atoms with Crippen LogP contribution in [0.3, 0.4) is 0 Å². The minimum absolute atomic E-state index is 0.752. The van der Waals surface area contributed by atoms with Crippen molar-refractivity contribution in [3.05, 3.63) is 120 Å². The molecule has 0 fully saturated rings. The van der Waals surface area contributed by atoms with Crippen molar-refractivity contribution in [3.63, 3.8) is 0 Å². The summed E-state index contributed by atoms with van der Waals surface area (Å²) in [5.74, 6) is 0. The average Bonchev–Trinajstić information content (AvgIpc) is 2.85. The molecule has 0 aliphatic carbocycles. The number of nitrogens with zero attached hydrogens (tertiary/aromatic N) is 2. The molecule has 0 aliphatic heterocycles. The number of benzene rings is 4. The number of rotatable bonds is 6. The molecule has 0 aliphatic rings. The fraction of sp³-hybridized carbons (Fsp3) is 0.100. The van der Waals surface area contributed by atoms with Gasteiger partial charge in [0.1, 0.15) is 0 Å². The monoisotopic (exact) mass is 444 g/mol. The molecule has 5 rings (SSSR count). The van der Waals surface area contributed by atoms with E-state index in [9.17, 15) is 0 Å². The molecule has 2 nitrogen and oxygen atoms in total. The van der Waals surface area contributed by atoms with Crippen molar-refractivity contribution in [3.8, 4) is 22.5 Å². The van der Waals surface area contributed by atoms with Crippen LogP contribution in [0.1, 0.15) is 16.7 Å². The van der Waals surface area contributed by atoms with Crippen LogP contribution in [0.5, 0.6) is 0 Å². The first-order valence-corrected chi connectivity index (χ1v) is 11.6. The van der Waals surface area contributed by atoms with Crippen LogP contribution < -0.4 is 0 Å². The lowest BCUT2D eigenvalue weighted by molar-refractivity contribution is 1.23. The number of hydrogen-bond donors (Lipinski definition) is 0. The summed E-state index contributed by atoms with van der Waals surface area (Å²) in [6.07, 6.45) is 1.56. The predicted molar refractivity (Wildman–Crippen MR) is 142 cm³/mol. The number of aryl methyl sites for hydroxylation is 1. The number of hydrogen-bond acceptors (Lipinski definition) is 3. The van der Waals surface area contributed by atoms with Gasteiger partial charge in [-0.15, -0.1) is 0 Å². The number of fused-ring (bicyclic) bond motifs is 1. The van der Waals surface area contributed by atoms with E-state index >= 15 is 0 Å². The van der Waals surface area contributed by atoms with Crippen molar-refractivity contribution in [2.75, 3.05) is 0 Å². The van der Waals surface area contributed by atoms with Gasteiger partial charge in [0.15, 0.2) is 0 Å². The predicted octanol–water partition coefficient (Wildman–Crippen LogP) is 7.43. The van der Waals surface area contributed by atoms with Crippen molar-refractivity contribution < 1.29 is 0 Å². The smallest absolute Gasteiger partial charge is 0.0973 e. The van der Waals surface area contributed by atoms with E-state index < -0.39 is 0 Å². The highest BCUT2D eigenvalue weighted by Gasteiger charge is 2.13. The second-order valence-corrected chi connectivity index (χ2v) is 8.93. The Labute approximate surface area is 200 Å². The van der Waals surface area contributed by atoms with E-state index in [1.807, 2.05) is 36.4 Å². The molecule has 0 saturated heterocycles. The van der Waals surface area contributed by atoms with Crippen LogP contribution in [0, 0.1) is 6.92 Å². The van der Waals surface area contributed by atoms with Crippen LogP contribution >= 0.6 is 12.2 Å². The van der Waals surface area contributed by atoms with E-state index in [1.54, 1.807) is 0 Å². The fourth-order valence-corrected chi connectivity index (χ4v) is 4.36. The van der Waals surface area contributed by atoms with Crippen LogP contribution in [0.4, 0.5) is 0 Å². The van der Waals surface area contributed by atoms with Crippen LogP contribution in [0.15, 0.2) is 103 Å². The quantitative estimate of drug-likeness (QED) is 0.255. The highest BCUT2D eigenvalue weighted by Crippen LogP contribution is 2.31. The second-order valence-electron chi connectivity index (χ2n) is 8.35. The Balaban J connectivity index is 1.50. The molecule has 0 spiro atoms. The van der Waals surface area contributed by atoms with Gasteiger partial charge in [0.05, 0.1) is 22.4 Å². The van der Waals surface area contributed by atoms with E-state index in [1.165, 1.54) is 16.7 Å². The molecular formula is C30H24N2S. The van der Waals surface area contributed by atoms with Crippen LogP contribution in [-0.2, 0) is 12.8 Å². The fourth-order valence-electron chi connectivity index (χ4n) is 4.03. The summed E-state index contributed by atoms with van der Waals surface area (Å²) >= 11 is 5.72. The van der Waals surface area contributed by atoms with Gasteiger partial charge in [-0.2, -0.15) is 0 Å². The van der Waals surface area contributed by atoms with Gasteiger partial charge in [-0.3, -0.25) is 0 Å². The third-order valence-corrected chi connectivity index (χ3v) is 6.03. The Morgan fingerprint density at radius 3 is 1.73 bits per heavy atom. The van der Waals surface area contributed by atoms with E-state index in [0.29, 0.717) is 0 Å². The Hall–Kier alpha value is -3.69. The average molecular weight is 445 g/mol. The maximum atomic E-state index is 5.72. The van der Waals surface area contributed by atoms with E-state index in [4.69, 9.17) is 22.2 Å². The van der Waals surface area contributed by atoms with Gasteiger partial charge in [0, 0.05) is 28.8 Å². The zero-order chi connectivity index (χ0) is 22.6. The van der Waals surface area contributed by atoms with Gasteiger partial charge in [0.2, 0.25) is 0 Å². The first kappa shape index (κ1) is 21.2. The highest BCUT2D eigenvalue weighted by atomic mass is 32.1. The van der Waals surface area contributed by atoms with Gasteiger partial charge < -0.3 is 0 Å². The van der Waals surface area contributed by atoms with Gasteiger partial charge in [0.25, 0.3) is 0 Å². The zero-order valence-corrected chi connectivity index (χ0v) is 19.3. The molecule has 0 bridgehead atoms. The number of aromatic nitrogens is 2. The third-order valence-electron chi connectivity index (χ3n) is 5.75. The topological polar surface area (TPSA) is 25.8 Å². The van der Waals surface area contributed by atoms with Crippen LogP contribution in [0.25, 0.3) is 33.5 Å². The van der Waals surface area contributed by atoms with E-state index in [-0.39, 0.29) is 0 Å². The molecule has 0 N–H and O–H groups in total. The molecule has 0 saturated carbocycles. The summed E-state index contributed by atoms with van der Waals surface area (Å²) in [6.45, 7) is 2.10. The molecule has 5 aromatic rings. The number of thiocarbonyl (C=S) groups is 1.